The summed E-state index contributed by atoms with van der Waals surface area (Å²) in [4.78, 5) is 13.8. The van der Waals surface area contributed by atoms with Crippen LogP contribution in [-0.2, 0) is 9.53 Å². The van der Waals surface area contributed by atoms with Crippen molar-refractivity contribution >= 4 is 5.78 Å². The van der Waals surface area contributed by atoms with Crippen molar-refractivity contribution in [2.24, 2.45) is 51.3 Å². The quantitative estimate of drug-likeness (QED) is 0.454. The third-order valence-corrected chi connectivity index (χ3v) is 11.5. The van der Waals surface area contributed by atoms with E-state index in [9.17, 15) is 23.1 Å². The van der Waals surface area contributed by atoms with Gasteiger partial charge >= 0.3 is 6.36 Å². The summed E-state index contributed by atoms with van der Waals surface area (Å²) in [6.07, 6.45) is 8.89. The van der Waals surface area contributed by atoms with Gasteiger partial charge in [-0.3, -0.25) is 9.80 Å². The van der Waals surface area contributed by atoms with Crippen LogP contribution in [-0.4, -0.2) is 46.0 Å². The van der Waals surface area contributed by atoms with Gasteiger partial charge in [0, 0.05) is 5.92 Å². The van der Waals surface area contributed by atoms with Gasteiger partial charge in [0.25, 0.3) is 0 Å². The van der Waals surface area contributed by atoms with Crippen molar-refractivity contribution in [2.45, 2.75) is 102 Å². The number of alkyl halides is 3. The second-order valence-electron chi connectivity index (χ2n) is 13.7. The van der Waals surface area contributed by atoms with E-state index in [-0.39, 0.29) is 29.4 Å². The Bertz CT molecular complexity index is 1070. The second kappa shape index (κ2) is 8.80. The standard InChI is InChI=1S/C29H40F3N3O3/c1-26(37)12-10-19-17(14-26)4-6-21-20(19)11-13-27(2)22(21)7-8-23(27)24(36)16-35-28(3)15-18(38-29(30,31)32)5-9-25(28)33-34-35/h5,9,15,17,19-23,25,37H,4,6-8,10-14,16H2,1-3H3/t17-,19+,20-,21-,22+,23-,25?,26-,27+,28?/m1/s1. The van der Waals surface area contributed by atoms with Crippen molar-refractivity contribution < 1.29 is 27.8 Å². The molecule has 0 aromatic heterocycles. The molecule has 0 radical (unpaired) electrons. The highest BCUT2D eigenvalue weighted by Gasteiger charge is 2.59. The van der Waals surface area contributed by atoms with Gasteiger partial charge in [-0.15, -0.1) is 13.2 Å². The Morgan fingerprint density at radius 3 is 2.61 bits per heavy atom. The van der Waals surface area contributed by atoms with Gasteiger partial charge in [-0.1, -0.05) is 18.2 Å². The van der Waals surface area contributed by atoms with Crippen LogP contribution in [0.2, 0.25) is 0 Å². The number of nitrogens with zero attached hydrogens (tertiary/aromatic N) is 3. The summed E-state index contributed by atoms with van der Waals surface area (Å²) in [5, 5.41) is 20.7. The number of Topliss-reactive ketones (excluding diaryl/α,β-unsaturated/α-hetero) is 1. The minimum Gasteiger partial charge on any atom is -0.406 e. The molecule has 210 valence electrons. The Morgan fingerprint density at radius 1 is 1.08 bits per heavy atom. The van der Waals surface area contributed by atoms with Crippen LogP contribution in [0, 0.1) is 40.9 Å². The molecular weight excluding hydrogens is 495 g/mol. The molecule has 1 aliphatic heterocycles. The van der Waals surface area contributed by atoms with E-state index in [0.29, 0.717) is 29.6 Å². The van der Waals surface area contributed by atoms with E-state index in [1.165, 1.54) is 25.0 Å². The highest BCUT2D eigenvalue weighted by molar-refractivity contribution is 5.84. The van der Waals surface area contributed by atoms with E-state index < -0.39 is 23.5 Å². The molecule has 4 fully saturated rings. The Balaban J connectivity index is 1.15. The van der Waals surface area contributed by atoms with E-state index in [0.717, 1.165) is 44.9 Å². The highest BCUT2D eigenvalue weighted by Crippen LogP contribution is 2.64. The summed E-state index contributed by atoms with van der Waals surface area (Å²) in [7, 11) is 0. The number of aliphatic hydroxyl groups is 1. The number of ether oxygens (including phenoxy) is 1. The molecule has 6 aliphatic rings. The first-order valence-corrected chi connectivity index (χ1v) is 14.4. The lowest BCUT2D eigenvalue weighted by Crippen LogP contribution is -2.52. The van der Waals surface area contributed by atoms with Gasteiger partial charge in [0.1, 0.15) is 17.3 Å². The molecule has 1 N–H and O–H groups in total. The molecule has 6 nitrogen and oxygen atoms in total. The summed E-state index contributed by atoms with van der Waals surface area (Å²) in [6.45, 7) is 6.11. The van der Waals surface area contributed by atoms with Gasteiger partial charge in [0.15, 0.2) is 5.78 Å². The SMILES string of the molecule is CC12C=C(OC(F)(F)F)C=CC1N=NN2CC(=O)[C@H]1CC[C@H]2[C@@H]3CC[C@@H]4C[C@](C)(O)CC[C@@H]4[C@H]3CC[C@]12C. The average Bonchev–Trinajstić information content (AvgIpc) is 3.33. The summed E-state index contributed by atoms with van der Waals surface area (Å²) in [5.74, 6) is 2.98. The van der Waals surface area contributed by atoms with Gasteiger partial charge in [-0.25, -0.2) is 0 Å². The predicted molar refractivity (Wildman–Crippen MR) is 134 cm³/mol. The lowest BCUT2D eigenvalue weighted by atomic mass is 9.49. The Morgan fingerprint density at radius 2 is 1.84 bits per heavy atom. The Hall–Kier alpha value is -1.90. The monoisotopic (exact) mass is 535 g/mol. The maximum Gasteiger partial charge on any atom is 0.573 e. The van der Waals surface area contributed by atoms with E-state index in [4.69, 9.17) is 0 Å². The van der Waals surface area contributed by atoms with Crippen molar-refractivity contribution in [2.75, 3.05) is 6.54 Å². The summed E-state index contributed by atoms with van der Waals surface area (Å²) in [5.41, 5.74) is -1.54. The number of carbonyl (C=O) groups excluding carboxylic acids is 1. The number of ketones is 1. The van der Waals surface area contributed by atoms with E-state index in [2.05, 4.69) is 22.0 Å². The van der Waals surface area contributed by atoms with E-state index in [1.807, 2.05) is 6.92 Å². The average molecular weight is 536 g/mol. The fourth-order valence-electron chi connectivity index (χ4n) is 9.67. The van der Waals surface area contributed by atoms with Crippen LogP contribution in [0.25, 0.3) is 0 Å². The summed E-state index contributed by atoms with van der Waals surface area (Å²) < 4.78 is 42.7. The van der Waals surface area contributed by atoms with Crippen molar-refractivity contribution in [1.82, 2.24) is 5.01 Å². The van der Waals surface area contributed by atoms with Crippen LogP contribution in [0.3, 0.4) is 0 Å². The smallest absolute Gasteiger partial charge is 0.406 e. The molecule has 0 amide bonds. The number of hydrogen-bond donors (Lipinski definition) is 1. The van der Waals surface area contributed by atoms with E-state index in [1.54, 1.807) is 18.0 Å². The van der Waals surface area contributed by atoms with Crippen LogP contribution in [0.15, 0.2) is 34.3 Å². The third-order valence-electron chi connectivity index (χ3n) is 11.5. The van der Waals surface area contributed by atoms with Crippen molar-refractivity contribution in [1.29, 1.82) is 0 Å². The van der Waals surface area contributed by atoms with Gasteiger partial charge in [0.05, 0.1) is 12.1 Å². The van der Waals surface area contributed by atoms with Crippen LogP contribution < -0.4 is 0 Å². The minimum atomic E-state index is -4.78. The maximum absolute atomic E-state index is 13.8. The number of carbonyl (C=O) groups is 1. The lowest BCUT2D eigenvalue weighted by Gasteiger charge is -2.57. The Labute approximate surface area is 222 Å². The molecule has 6 rings (SSSR count). The number of allylic oxidation sites excluding steroid dienone is 1. The van der Waals surface area contributed by atoms with Gasteiger partial charge in [-0.05, 0) is 119 Å². The second-order valence-corrected chi connectivity index (χ2v) is 13.7. The maximum atomic E-state index is 13.8. The molecule has 0 bridgehead atoms. The van der Waals surface area contributed by atoms with Gasteiger partial charge in [-0.2, -0.15) is 5.11 Å². The molecule has 1 heterocycles. The first-order chi connectivity index (χ1) is 17.8. The first-order valence-electron chi connectivity index (χ1n) is 14.4. The number of rotatable bonds is 4. The zero-order valence-electron chi connectivity index (χ0n) is 22.6. The van der Waals surface area contributed by atoms with Crippen molar-refractivity contribution in [3.8, 4) is 0 Å². The molecule has 0 aromatic rings. The first kappa shape index (κ1) is 26.3. The molecule has 10 atom stereocenters. The normalized spacial score (nSPS) is 47.6. The van der Waals surface area contributed by atoms with Crippen molar-refractivity contribution in [3.63, 3.8) is 0 Å². The highest BCUT2D eigenvalue weighted by atomic mass is 19.4. The Kier molecular flexibility index (Phi) is 6.10. The molecule has 0 aromatic carbocycles. The van der Waals surface area contributed by atoms with Crippen molar-refractivity contribution in [3.05, 3.63) is 24.0 Å². The molecule has 4 saturated carbocycles. The minimum absolute atomic E-state index is 0.0427. The van der Waals surface area contributed by atoms with Crippen LogP contribution in [0.4, 0.5) is 13.2 Å². The number of hydrogen-bond acceptors (Lipinski definition) is 6. The molecule has 38 heavy (non-hydrogen) atoms. The predicted octanol–water partition coefficient (Wildman–Crippen LogP) is 6.38. The van der Waals surface area contributed by atoms with Gasteiger partial charge in [0.2, 0.25) is 0 Å². The topological polar surface area (TPSA) is 74.5 Å². The molecule has 2 unspecified atom stereocenters. The zero-order valence-corrected chi connectivity index (χ0v) is 22.6. The van der Waals surface area contributed by atoms with E-state index >= 15 is 0 Å². The van der Waals surface area contributed by atoms with Crippen LogP contribution >= 0.6 is 0 Å². The van der Waals surface area contributed by atoms with Crippen LogP contribution in [0.1, 0.15) is 78.6 Å². The number of fused-ring (bicyclic) bond motifs is 6. The van der Waals surface area contributed by atoms with Crippen LogP contribution in [0.5, 0.6) is 0 Å². The fourth-order valence-corrected chi connectivity index (χ4v) is 9.67. The van der Waals surface area contributed by atoms with Gasteiger partial charge < -0.3 is 9.84 Å². The molecule has 9 heteroatoms. The molecule has 0 spiro atoms. The molecule has 0 saturated heterocycles. The molecule has 5 aliphatic carbocycles. The largest absolute Gasteiger partial charge is 0.573 e. The molecular formula is C29H40F3N3O3. The zero-order chi connectivity index (χ0) is 27.1. The third kappa shape index (κ3) is 4.31. The summed E-state index contributed by atoms with van der Waals surface area (Å²) >= 11 is 0. The lowest BCUT2D eigenvalue weighted by molar-refractivity contribution is -0.303. The number of halogens is 3. The summed E-state index contributed by atoms with van der Waals surface area (Å²) in [6, 6.07) is -0.454. The fraction of sp³-hybridized carbons (Fsp3) is 0.828.